The monoisotopic (exact) mass is 710 g/mol. The van der Waals surface area contributed by atoms with Crippen LogP contribution in [0.4, 0.5) is 0 Å². The molecule has 272 valence electrons. The van der Waals surface area contributed by atoms with Gasteiger partial charge in [-0.2, -0.15) is 15.0 Å². The number of fused-ring (bicyclic) bond motifs is 16. The summed E-state index contributed by atoms with van der Waals surface area (Å²) in [6, 6.07) is 20.2. The van der Waals surface area contributed by atoms with Gasteiger partial charge in [-0.1, -0.05) is 42.5 Å². The molecule has 5 amide bonds. The van der Waals surface area contributed by atoms with Gasteiger partial charge in [0, 0.05) is 32.4 Å². The summed E-state index contributed by atoms with van der Waals surface area (Å²) in [5.41, 5.74) is 0.737. The van der Waals surface area contributed by atoms with E-state index in [4.69, 9.17) is 9.47 Å². The van der Waals surface area contributed by atoms with Crippen molar-refractivity contribution in [2.75, 3.05) is 26.2 Å². The molecule has 4 heterocycles. The molecule has 3 aliphatic rings. The maximum Gasteiger partial charge on any atom is 0.264 e. The number of amides is 5. The molecule has 15 nitrogen and oxygen atoms in total. The second kappa shape index (κ2) is 15.9. The van der Waals surface area contributed by atoms with Gasteiger partial charge in [-0.3, -0.25) is 24.0 Å². The highest BCUT2D eigenvalue weighted by Gasteiger charge is 2.46. The van der Waals surface area contributed by atoms with Crippen LogP contribution in [-0.4, -0.2) is 99.4 Å². The normalized spacial score (nSPS) is 21.7. The highest BCUT2D eigenvalue weighted by atomic mass is 16.5. The molecule has 3 atom stereocenters. The number of carbonyl (C=O) groups is 5. The van der Waals surface area contributed by atoms with Crippen LogP contribution < -0.4 is 30.7 Å². The van der Waals surface area contributed by atoms with E-state index >= 15 is 0 Å². The van der Waals surface area contributed by atoms with E-state index < -0.39 is 47.4 Å². The van der Waals surface area contributed by atoms with Crippen molar-refractivity contribution in [3.63, 3.8) is 0 Å². The lowest BCUT2D eigenvalue weighted by molar-refractivity contribution is -0.148. The molecule has 1 fully saturated rings. The molecule has 52 heavy (non-hydrogen) atoms. The van der Waals surface area contributed by atoms with Crippen molar-refractivity contribution in [1.82, 2.24) is 41.2 Å². The van der Waals surface area contributed by atoms with Gasteiger partial charge in [-0.05, 0) is 55.8 Å². The Bertz CT molecular complexity index is 1870. The van der Waals surface area contributed by atoms with E-state index in [1.807, 2.05) is 54.6 Å². The first-order valence-corrected chi connectivity index (χ1v) is 17.3. The third kappa shape index (κ3) is 8.65. The number of carbonyl (C=O) groups excluding carboxylic acids is 5. The highest BCUT2D eigenvalue weighted by molar-refractivity contribution is 5.95. The molecule has 1 spiro atoms. The predicted octanol–water partition coefficient (Wildman–Crippen LogP) is 1.12. The maximum atomic E-state index is 14.1. The third-order valence-electron chi connectivity index (χ3n) is 9.16. The Morgan fingerprint density at radius 2 is 1.38 bits per heavy atom. The molecule has 3 aliphatic heterocycles. The first kappa shape index (κ1) is 35.8. The lowest BCUT2D eigenvalue weighted by Crippen LogP contribution is -2.62. The first-order valence-electron chi connectivity index (χ1n) is 17.3. The van der Waals surface area contributed by atoms with Crippen LogP contribution in [0.25, 0.3) is 11.0 Å². The minimum absolute atomic E-state index is 0.0619. The number of ether oxygens (including phenoxy) is 2. The van der Waals surface area contributed by atoms with Gasteiger partial charge in [0.1, 0.15) is 53.8 Å². The van der Waals surface area contributed by atoms with Gasteiger partial charge in [-0.15, -0.1) is 0 Å². The minimum atomic E-state index is -1.42. The van der Waals surface area contributed by atoms with Crippen molar-refractivity contribution < 1.29 is 33.4 Å². The molecule has 0 saturated carbocycles. The zero-order valence-corrected chi connectivity index (χ0v) is 29.0. The third-order valence-corrected chi connectivity index (χ3v) is 9.16. The number of hydrogen-bond donors (Lipinski definition) is 4. The Labute approximate surface area is 300 Å². The SMILES string of the molecule is C[C@@H]1NC(=O)[C@H](Cc2ccccc2)NC(=O)[C@H](C)NC(=O)C2(CCN(C(=O)Cn3nc4ccccc4n3)CC2)Oc2ccc(cc2)OCCNC1=O. The maximum absolute atomic E-state index is 14.1. The van der Waals surface area contributed by atoms with Crippen LogP contribution in [0.3, 0.4) is 0 Å². The summed E-state index contributed by atoms with van der Waals surface area (Å²) in [6.07, 6.45) is 0.433. The Hall–Kier alpha value is -5.99. The van der Waals surface area contributed by atoms with E-state index in [9.17, 15) is 24.0 Å². The van der Waals surface area contributed by atoms with E-state index in [2.05, 4.69) is 31.5 Å². The van der Waals surface area contributed by atoms with Crippen molar-refractivity contribution in [3.8, 4) is 11.5 Å². The molecule has 0 radical (unpaired) electrons. The summed E-state index contributed by atoms with van der Waals surface area (Å²) in [4.78, 5) is 70.2. The number of rotatable bonds is 4. The van der Waals surface area contributed by atoms with Crippen LogP contribution in [0, 0.1) is 0 Å². The number of likely N-dealkylation sites (tertiary alicyclic amines) is 1. The zero-order valence-electron chi connectivity index (χ0n) is 29.0. The van der Waals surface area contributed by atoms with E-state index in [1.54, 1.807) is 36.1 Å². The van der Waals surface area contributed by atoms with Crippen molar-refractivity contribution in [2.45, 2.75) is 63.4 Å². The molecule has 3 aromatic carbocycles. The van der Waals surface area contributed by atoms with E-state index in [0.29, 0.717) is 22.5 Å². The second-order valence-corrected chi connectivity index (χ2v) is 13.0. The fraction of sp³-hybridized carbons (Fsp3) is 0.378. The quantitative estimate of drug-likeness (QED) is 0.225. The molecular weight excluding hydrogens is 668 g/mol. The van der Waals surface area contributed by atoms with E-state index in [0.717, 1.165) is 5.56 Å². The van der Waals surface area contributed by atoms with Crippen molar-refractivity contribution in [1.29, 1.82) is 0 Å². The minimum Gasteiger partial charge on any atom is -0.492 e. The van der Waals surface area contributed by atoms with E-state index in [-0.39, 0.29) is 58.0 Å². The van der Waals surface area contributed by atoms with Crippen LogP contribution in [0.5, 0.6) is 11.5 Å². The fourth-order valence-electron chi connectivity index (χ4n) is 6.14. The molecule has 1 aromatic heterocycles. The van der Waals surface area contributed by atoms with Gasteiger partial charge in [0.25, 0.3) is 5.91 Å². The Kier molecular flexibility index (Phi) is 11.0. The van der Waals surface area contributed by atoms with Crippen molar-refractivity contribution in [3.05, 3.63) is 84.4 Å². The van der Waals surface area contributed by atoms with Crippen molar-refractivity contribution >= 4 is 40.6 Å². The summed E-state index contributed by atoms with van der Waals surface area (Å²) in [7, 11) is 0. The van der Waals surface area contributed by atoms with Crippen LogP contribution in [0.1, 0.15) is 32.3 Å². The average molecular weight is 711 g/mol. The molecule has 15 heteroatoms. The first-order chi connectivity index (χ1) is 25.1. The molecule has 4 aromatic rings. The van der Waals surface area contributed by atoms with Gasteiger partial charge in [0.2, 0.25) is 23.6 Å². The van der Waals surface area contributed by atoms with Crippen molar-refractivity contribution in [2.24, 2.45) is 0 Å². The largest absolute Gasteiger partial charge is 0.492 e. The number of benzene rings is 3. The molecule has 0 aliphatic carbocycles. The van der Waals surface area contributed by atoms with Gasteiger partial charge in [0.15, 0.2) is 5.60 Å². The average Bonchev–Trinajstić information content (AvgIpc) is 3.56. The summed E-state index contributed by atoms with van der Waals surface area (Å²) >= 11 is 0. The van der Waals surface area contributed by atoms with Crippen LogP contribution >= 0.6 is 0 Å². The lowest BCUT2D eigenvalue weighted by atomic mass is 9.89. The highest BCUT2D eigenvalue weighted by Crippen LogP contribution is 2.31. The molecule has 0 unspecified atom stereocenters. The second-order valence-electron chi connectivity index (χ2n) is 13.0. The number of nitrogens with one attached hydrogen (secondary N) is 4. The van der Waals surface area contributed by atoms with Gasteiger partial charge >= 0.3 is 0 Å². The smallest absolute Gasteiger partial charge is 0.264 e. The fourth-order valence-corrected chi connectivity index (χ4v) is 6.14. The molecule has 7 rings (SSSR count). The van der Waals surface area contributed by atoms with Gasteiger partial charge in [0.05, 0.1) is 6.54 Å². The van der Waals surface area contributed by atoms with Gasteiger partial charge in [-0.25, -0.2) is 0 Å². The van der Waals surface area contributed by atoms with Crippen LogP contribution in [-0.2, 0) is 36.9 Å². The topological polar surface area (TPSA) is 186 Å². The molecule has 2 bridgehead atoms. The standard InChI is InChI=1S/C37H42N8O7/c1-24-33(47)38-18-21-51-27-12-14-28(15-13-27)52-37(16-19-44(20-17-37)32(46)23-45-42-29-10-6-7-11-30(29)43-45)36(50)40-25(2)34(48)41-31(35(49)39-24)22-26-8-4-3-5-9-26/h3-15,24-25,31H,16-23H2,1-2H3,(H,38,47)(H,39,49)(H,40,50)(H,41,48)/t24-,25-,31-/m0/s1. The number of piperidine rings is 1. The molecule has 4 N–H and O–H groups in total. The summed E-state index contributed by atoms with van der Waals surface area (Å²) in [5.74, 6) is -1.40. The predicted molar refractivity (Wildman–Crippen MR) is 189 cm³/mol. The molecule has 1 saturated heterocycles. The van der Waals surface area contributed by atoms with Gasteiger partial charge < -0.3 is 35.6 Å². The summed E-state index contributed by atoms with van der Waals surface area (Å²) in [6.45, 7) is 3.77. The Morgan fingerprint density at radius 3 is 2.06 bits per heavy atom. The zero-order chi connectivity index (χ0) is 36.7. The summed E-state index contributed by atoms with van der Waals surface area (Å²) in [5, 5.41) is 19.8. The Morgan fingerprint density at radius 1 is 0.769 bits per heavy atom. The van der Waals surface area contributed by atoms with E-state index in [1.165, 1.54) is 11.7 Å². The number of nitrogens with zero attached hydrogens (tertiary/aromatic N) is 4. The lowest BCUT2D eigenvalue weighted by Gasteiger charge is -2.41. The number of hydrogen-bond acceptors (Lipinski definition) is 9. The van der Waals surface area contributed by atoms with Crippen LogP contribution in [0.15, 0.2) is 78.9 Å². The van der Waals surface area contributed by atoms with Crippen LogP contribution in [0.2, 0.25) is 0 Å². The summed E-state index contributed by atoms with van der Waals surface area (Å²) < 4.78 is 12.2. The Balaban J connectivity index is 1.20. The number of aromatic nitrogens is 3. The molecular formula is C37H42N8O7.